The van der Waals surface area contributed by atoms with Gasteiger partial charge in [-0.05, 0) is 37.6 Å². The van der Waals surface area contributed by atoms with Gasteiger partial charge in [0, 0.05) is 5.56 Å². The minimum atomic E-state index is -0.711. The van der Waals surface area contributed by atoms with Gasteiger partial charge in [-0.3, -0.25) is 0 Å². The van der Waals surface area contributed by atoms with E-state index < -0.39 is 11.9 Å². The molecule has 0 aliphatic heterocycles. The molecule has 30 heavy (non-hydrogen) atoms. The van der Waals surface area contributed by atoms with Gasteiger partial charge in [-0.2, -0.15) is 5.10 Å². The molecule has 0 aliphatic carbocycles. The highest BCUT2D eigenvalue weighted by Crippen LogP contribution is 2.31. The SMILES string of the molecule is CCCOc1ccc(-n2nc(C(=O)OC)c(C(=O)OCC)c2-c2ccccc2)cc1. The lowest BCUT2D eigenvalue weighted by Gasteiger charge is -2.11. The van der Waals surface area contributed by atoms with Gasteiger partial charge in [0.1, 0.15) is 11.3 Å². The van der Waals surface area contributed by atoms with Crippen molar-refractivity contribution in [2.75, 3.05) is 20.3 Å². The van der Waals surface area contributed by atoms with E-state index in [2.05, 4.69) is 5.10 Å². The summed E-state index contributed by atoms with van der Waals surface area (Å²) in [4.78, 5) is 25.2. The molecule has 1 aromatic heterocycles. The van der Waals surface area contributed by atoms with Crippen molar-refractivity contribution in [2.24, 2.45) is 0 Å². The zero-order chi connectivity index (χ0) is 21.5. The van der Waals surface area contributed by atoms with E-state index in [9.17, 15) is 9.59 Å². The van der Waals surface area contributed by atoms with Gasteiger partial charge in [0.05, 0.1) is 31.7 Å². The van der Waals surface area contributed by atoms with Crippen molar-refractivity contribution in [1.82, 2.24) is 9.78 Å². The fraction of sp³-hybridized carbons (Fsp3) is 0.261. The van der Waals surface area contributed by atoms with Crippen LogP contribution in [0.25, 0.3) is 16.9 Å². The molecule has 0 aliphatic rings. The Kier molecular flexibility index (Phi) is 6.85. The second kappa shape index (κ2) is 9.73. The van der Waals surface area contributed by atoms with Crippen LogP contribution in [0.4, 0.5) is 0 Å². The zero-order valence-electron chi connectivity index (χ0n) is 17.3. The van der Waals surface area contributed by atoms with Crippen LogP contribution in [-0.2, 0) is 9.47 Å². The average Bonchev–Trinajstić information content (AvgIpc) is 3.19. The molecule has 0 saturated carbocycles. The number of esters is 2. The quantitative estimate of drug-likeness (QED) is 0.517. The van der Waals surface area contributed by atoms with E-state index in [0.717, 1.165) is 17.7 Å². The first-order valence-electron chi connectivity index (χ1n) is 9.77. The highest BCUT2D eigenvalue weighted by atomic mass is 16.5. The third-order valence-electron chi connectivity index (χ3n) is 4.35. The van der Waals surface area contributed by atoms with Crippen LogP contribution in [0.1, 0.15) is 41.1 Å². The van der Waals surface area contributed by atoms with E-state index in [-0.39, 0.29) is 17.9 Å². The molecule has 0 atom stereocenters. The monoisotopic (exact) mass is 408 g/mol. The first-order valence-corrected chi connectivity index (χ1v) is 9.77. The molecule has 0 unspecified atom stereocenters. The molecule has 3 rings (SSSR count). The Hall–Kier alpha value is -3.61. The Morgan fingerprint density at radius 3 is 2.27 bits per heavy atom. The lowest BCUT2D eigenvalue weighted by molar-refractivity contribution is 0.0503. The number of carbonyl (C=O) groups excluding carboxylic acids is 2. The number of hydrogen-bond acceptors (Lipinski definition) is 6. The van der Waals surface area contributed by atoms with E-state index >= 15 is 0 Å². The number of benzene rings is 2. The molecular formula is C23H24N2O5. The topological polar surface area (TPSA) is 79.7 Å². The van der Waals surface area contributed by atoms with E-state index in [1.165, 1.54) is 7.11 Å². The molecule has 3 aromatic rings. The normalized spacial score (nSPS) is 10.5. The lowest BCUT2D eigenvalue weighted by Crippen LogP contribution is -2.12. The molecule has 0 N–H and O–H groups in total. The van der Waals surface area contributed by atoms with Crippen molar-refractivity contribution in [3.8, 4) is 22.7 Å². The van der Waals surface area contributed by atoms with Crippen LogP contribution in [-0.4, -0.2) is 42.0 Å². The number of ether oxygens (including phenoxy) is 3. The van der Waals surface area contributed by atoms with Gasteiger partial charge in [0.25, 0.3) is 0 Å². The third-order valence-corrected chi connectivity index (χ3v) is 4.35. The van der Waals surface area contributed by atoms with Crippen molar-refractivity contribution in [3.63, 3.8) is 0 Å². The Morgan fingerprint density at radius 1 is 0.967 bits per heavy atom. The Balaban J connectivity index is 2.21. The van der Waals surface area contributed by atoms with Gasteiger partial charge < -0.3 is 14.2 Å². The van der Waals surface area contributed by atoms with E-state index in [1.807, 2.05) is 61.5 Å². The smallest absolute Gasteiger partial charge is 0.359 e. The van der Waals surface area contributed by atoms with Crippen molar-refractivity contribution in [1.29, 1.82) is 0 Å². The van der Waals surface area contributed by atoms with Crippen LogP contribution in [0.15, 0.2) is 54.6 Å². The van der Waals surface area contributed by atoms with E-state index in [1.54, 1.807) is 11.6 Å². The fourth-order valence-electron chi connectivity index (χ4n) is 3.01. The summed E-state index contributed by atoms with van der Waals surface area (Å²) >= 11 is 0. The highest BCUT2D eigenvalue weighted by molar-refractivity contribution is 6.06. The maximum atomic E-state index is 12.8. The first kappa shape index (κ1) is 21.1. The maximum absolute atomic E-state index is 12.8. The summed E-state index contributed by atoms with van der Waals surface area (Å²) in [6, 6.07) is 16.5. The van der Waals surface area contributed by atoms with Crippen molar-refractivity contribution in [3.05, 3.63) is 65.9 Å². The number of rotatable bonds is 8. The van der Waals surface area contributed by atoms with Gasteiger partial charge in [0.15, 0.2) is 5.69 Å². The summed E-state index contributed by atoms with van der Waals surface area (Å²) in [6.45, 7) is 4.53. The Labute approximate surface area is 175 Å². The molecule has 0 saturated heterocycles. The highest BCUT2D eigenvalue weighted by Gasteiger charge is 2.31. The molecule has 7 heteroatoms. The zero-order valence-corrected chi connectivity index (χ0v) is 17.3. The van der Waals surface area contributed by atoms with Crippen LogP contribution in [0.2, 0.25) is 0 Å². The molecule has 0 amide bonds. The summed E-state index contributed by atoms with van der Waals surface area (Å²) in [7, 11) is 1.25. The van der Waals surface area contributed by atoms with Crippen LogP contribution in [0, 0.1) is 0 Å². The van der Waals surface area contributed by atoms with Crippen LogP contribution >= 0.6 is 0 Å². The number of methoxy groups -OCH3 is 1. The number of aromatic nitrogens is 2. The van der Waals surface area contributed by atoms with Gasteiger partial charge in [-0.25, -0.2) is 14.3 Å². The summed E-state index contributed by atoms with van der Waals surface area (Å²) in [5.41, 5.74) is 1.81. The number of carbonyl (C=O) groups is 2. The van der Waals surface area contributed by atoms with E-state index in [0.29, 0.717) is 18.0 Å². The average molecular weight is 408 g/mol. The van der Waals surface area contributed by atoms with Gasteiger partial charge >= 0.3 is 11.9 Å². The molecule has 0 fully saturated rings. The third kappa shape index (κ3) is 4.35. The molecule has 156 valence electrons. The second-order valence-corrected chi connectivity index (χ2v) is 6.40. The van der Waals surface area contributed by atoms with Crippen LogP contribution in [0.3, 0.4) is 0 Å². The number of nitrogens with zero attached hydrogens (tertiary/aromatic N) is 2. The molecule has 0 bridgehead atoms. The first-order chi connectivity index (χ1) is 14.6. The molecular weight excluding hydrogens is 384 g/mol. The molecule has 0 radical (unpaired) electrons. The Bertz CT molecular complexity index is 1010. The number of hydrogen-bond donors (Lipinski definition) is 0. The predicted molar refractivity (Wildman–Crippen MR) is 112 cm³/mol. The molecule has 0 spiro atoms. The molecule has 7 nitrogen and oxygen atoms in total. The fourth-order valence-corrected chi connectivity index (χ4v) is 3.01. The van der Waals surface area contributed by atoms with Gasteiger partial charge in [-0.1, -0.05) is 37.3 Å². The maximum Gasteiger partial charge on any atom is 0.359 e. The second-order valence-electron chi connectivity index (χ2n) is 6.40. The minimum absolute atomic E-state index is 0.0706. The molecule has 1 heterocycles. The van der Waals surface area contributed by atoms with Gasteiger partial charge in [0.2, 0.25) is 0 Å². The van der Waals surface area contributed by atoms with E-state index in [4.69, 9.17) is 14.2 Å². The summed E-state index contributed by atoms with van der Waals surface area (Å²) in [6.07, 6.45) is 0.907. The summed E-state index contributed by atoms with van der Waals surface area (Å²) in [5.74, 6) is -0.615. The van der Waals surface area contributed by atoms with Crippen LogP contribution in [0.5, 0.6) is 5.75 Å². The summed E-state index contributed by atoms with van der Waals surface area (Å²) in [5, 5.41) is 4.42. The standard InChI is InChI=1S/C23H24N2O5/c1-4-15-30-18-13-11-17(12-14-18)25-21(16-9-7-6-8-10-16)19(22(26)29-5-2)20(24-25)23(27)28-3/h6-14H,4-5,15H2,1-3H3. The van der Waals surface area contributed by atoms with Crippen LogP contribution < -0.4 is 4.74 Å². The minimum Gasteiger partial charge on any atom is -0.494 e. The van der Waals surface area contributed by atoms with Crippen molar-refractivity contribution < 1.29 is 23.8 Å². The van der Waals surface area contributed by atoms with Gasteiger partial charge in [-0.15, -0.1) is 0 Å². The predicted octanol–water partition coefficient (Wildman–Crippen LogP) is 4.29. The summed E-state index contributed by atoms with van der Waals surface area (Å²) < 4.78 is 17.3. The molecule has 2 aromatic carbocycles. The Morgan fingerprint density at radius 2 is 1.67 bits per heavy atom. The lowest BCUT2D eigenvalue weighted by atomic mass is 10.1. The van der Waals surface area contributed by atoms with Crippen molar-refractivity contribution >= 4 is 11.9 Å². The van der Waals surface area contributed by atoms with Crippen molar-refractivity contribution in [2.45, 2.75) is 20.3 Å². The largest absolute Gasteiger partial charge is 0.494 e.